The molecular weight excluding hydrogens is 254 g/mol. The van der Waals surface area contributed by atoms with Crippen LogP contribution >= 0.6 is 0 Å². The molecule has 1 nitrogen and oxygen atoms in total. The first kappa shape index (κ1) is 14.3. The molecule has 2 aromatic rings. The fourth-order valence-electron chi connectivity index (χ4n) is 3.42. The zero-order valence-electron chi connectivity index (χ0n) is 12.9. The van der Waals surface area contributed by atoms with Crippen LogP contribution in [0, 0.1) is 6.92 Å². The van der Waals surface area contributed by atoms with Crippen molar-refractivity contribution in [2.75, 3.05) is 0 Å². The summed E-state index contributed by atoms with van der Waals surface area (Å²) >= 11 is 0. The molecule has 0 heterocycles. The molecule has 0 atom stereocenters. The normalized spacial score (nSPS) is 22.1. The Bertz CT molecular complexity index is 553. The van der Waals surface area contributed by atoms with Gasteiger partial charge in [0.25, 0.3) is 0 Å². The maximum Gasteiger partial charge on any atom is 0.0210 e. The van der Waals surface area contributed by atoms with E-state index in [9.17, 15) is 0 Å². The van der Waals surface area contributed by atoms with E-state index in [4.69, 9.17) is 0 Å². The summed E-state index contributed by atoms with van der Waals surface area (Å²) in [6.45, 7) is 3.21. The van der Waals surface area contributed by atoms with E-state index in [0.29, 0.717) is 6.04 Å². The fraction of sp³-hybridized carbons (Fsp3) is 0.400. The lowest BCUT2D eigenvalue weighted by molar-refractivity contribution is 0.341. The molecule has 0 amide bonds. The molecule has 0 aromatic heterocycles. The van der Waals surface area contributed by atoms with Gasteiger partial charge in [0, 0.05) is 12.6 Å². The molecule has 110 valence electrons. The molecule has 1 aliphatic carbocycles. The summed E-state index contributed by atoms with van der Waals surface area (Å²) in [4.78, 5) is 0. The van der Waals surface area contributed by atoms with Crippen LogP contribution in [-0.2, 0) is 6.54 Å². The first-order valence-corrected chi connectivity index (χ1v) is 8.16. The van der Waals surface area contributed by atoms with Crippen LogP contribution in [0.5, 0.6) is 0 Å². The molecule has 0 spiro atoms. The molecule has 0 radical (unpaired) electrons. The van der Waals surface area contributed by atoms with E-state index in [1.807, 2.05) is 0 Å². The summed E-state index contributed by atoms with van der Waals surface area (Å²) in [6.07, 6.45) is 5.22. The molecule has 3 rings (SSSR count). The highest BCUT2D eigenvalue weighted by atomic mass is 14.9. The number of benzene rings is 2. The lowest BCUT2D eigenvalue weighted by Crippen LogP contribution is -2.32. The first-order chi connectivity index (χ1) is 10.3. The van der Waals surface area contributed by atoms with Crippen LogP contribution in [0.4, 0.5) is 0 Å². The number of hydrogen-bond acceptors (Lipinski definition) is 1. The maximum atomic E-state index is 3.75. The van der Waals surface area contributed by atoms with Gasteiger partial charge in [-0.2, -0.15) is 0 Å². The Hall–Kier alpha value is -1.60. The lowest BCUT2D eigenvalue weighted by Gasteiger charge is -2.29. The first-order valence-electron chi connectivity index (χ1n) is 8.16. The van der Waals surface area contributed by atoms with E-state index >= 15 is 0 Å². The van der Waals surface area contributed by atoms with Gasteiger partial charge in [-0.05, 0) is 55.2 Å². The standard InChI is InChI=1S/C20H25N/c1-16-7-5-6-10-19(16)15-21-20-13-11-18(12-14-20)17-8-3-2-4-9-17/h2-10,18,20-21H,11-15H2,1H3. The average Bonchev–Trinajstić information content (AvgIpc) is 2.55. The van der Waals surface area contributed by atoms with Crippen LogP contribution in [0.25, 0.3) is 0 Å². The van der Waals surface area contributed by atoms with Crippen molar-refractivity contribution in [2.45, 2.75) is 51.1 Å². The Labute approximate surface area is 128 Å². The van der Waals surface area contributed by atoms with Crippen molar-refractivity contribution in [2.24, 2.45) is 0 Å². The predicted molar refractivity (Wildman–Crippen MR) is 89.5 cm³/mol. The summed E-state index contributed by atoms with van der Waals surface area (Å²) in [6, 6.07) is 20.4. The quantitative estimate of drug-likeness (QED) is 0.846. The highest BCUT2D eigenvalue weighted by Gasteiger charge is 2.21. The maximum absolute atomic E-state index is 3.75. The largest absolute Gasteiger partial charge is 0.310 e. The Morgan fingerprint density at radius 1 is 0.857 bits per heavy atom. The van der Waals surface area contributed by atoms with E-state index in [0.717, 1.165) is 12.5 Å². The third-order valence-electron chi connectivity index (χ3n) is 4.84. The van der Waals surface area contributed by atoms with E-state index in [1.54, 1.807) is 0 Å². The second-order valence-corrected chi connectivity index (χ2v) is 6.27. The van der Waals surface area contributed by atoms with Gasteiger partial charge in [0.05, 0.1) is 0 Å². The van der Waals surface area contributed by atoms with Crippen LogP contribution in [0.1, 0.15) is 48.3 Å². The molecule has 21 heavy (non-hydrogen) atoms. The molecule has 0 unspecified atom stereocenters. The highest BCUT2D eigenvalue weighted by molar-refractivity contribution is 5.25. The molecule has 0 saturated heterocycles. The van der Waals surface area contributed by atoms with Crippen molar-refractivity contribution in [1.82, 2.24) is 5.32 Å². The fourth-order valence-corrected chi connectivity index (χ4v) is 3.42. The average molecular weight is 279 g/mol. The van der Waals surface area contributed by atoms with E-state index in [1.165, 1.54) is 42.4 Å². The second kappa shape index (κ2) is 6.91. The van der Waals surface area contributed by atoms with Crippen LogP contribution in [0.3, 0.4) is 0 Å². The summed E-state index contributed by atoms with van der Waals surface area (Å²) in [5.41, 5.74) is 4.35. The SMILES string of the molecule is Cc1ccccc1CNC1CCC(c2ccccc2)CC1. The molecule has 1 saturated carbocycles. The molecule has 1 fully saturated rings. The minimum absolute atomic E-state index is 0.685. The molecule has 2 aromatic carbocycles. The number of hydrogen-bond donors (Lipinski definition) is 1. The monoisotopic (exact) mass is 279 g/mol. The van der Waals surface area contributed by atoms with Gasteiger partial charge in [-0.15, -0.1) is 0 Å². The summed E-state index contributed by atoms with van der Waals surface area (Å²) in [5, 5.41) is 3.75. The number of nitrogens with one attached hydrogen (secondary N) is 1. The summed E-state index contributed by atoms with van der Waals surface area (Å²) < 4.78 is 0. The van der Waals surface area contributed by atoms with Crippen molar-refractivity contribution in [3.63, 3.8) is 0 Å². The topological polar surface area (TPSA) is 12.0 Å². The van der Waals surface area contributed by atoms with Gasteiger partial charge in [-0.1, -0.05) is 54.6 Å². The van der Waals surface area contributed by atoms with Crippen LogP contribution < -0.4 is 5.32 Å². The van der Waals surface area contributed by atoms with Crippen molar-refractivity contribution in [3.8, 4) is 0 Å². The van der Waals surface area contributed by atoms with Crippen LogP contribution in [0.2, 0.25) is 0 Å². The van der Waals surface area contributed by atoms with Gasteiger partial charge >= 0.3 is 0 Å². The van der Waals surface area contributed by atoms with Gasteiger partial charge in [-0.25, -0.2) is 0 Å². The number of aryl methyl sites for hydroxylation is 1. The van der Waals surface area contributed by atoms with E-state index < -0.39 is 0 Å². The smallest absolute Gasteiger partial charge is 0.0210 e. The van der Waals surface area contributed by atoms with Crippen LogP contribution in [0.15, 0.2) is 54.6 Å². The Morgan fingerprint density at radius 2 is 1.52 bits per heavy atom. The molecule has 0 aliphatic heterocycles. The third-order valence-corrected chi connectivity index (χ3v) is 4.84. The van der Waals surface area contributed by atoms with E-state index in [-0.39, 0.29) is 0 Å². The third kappa shape index (κ3) is 3.74. The van der Waals surface area contributed by atoms with Crippen molar-refractivity contribution in [3.05, 3.63) is 71.3 Å². The molecule has 1 heteroatoms. The Balaban J connectivity index is 1.49. The second-order valence-electron chi connectivity index (χ2n) is 6.27. The Kier molecular flexibility index (Phi) is 4.72. The minimum atomic E-state index is 0.685. The summed E-state index contributed by atoms with van der Waals surface area (Å²) in [7, 11) is 0. The molecular formula is C20H25N. The van der Waals surface area contributed by atoms with E-state index in [2.05, 4.69) is 66.8 Å². The summed E-state index contributed by atoms with van der Waals surface area (Å²) in [5.74, 6) is 0.766. The van der Waals surface area contributed by atoms with Gasteiger partial charge < -0.3 is 5.32 Å². The zero-order chi connectivity index (χ0) is 14.5. The number of rotatable bonds is 4. The van der Waals surface area contributed by atoms with Gasteiger partial charge in [0.15, 0.2) is 0 Å². The minimum Gasteiger partial charge on any atom is -0.310 e. The highest BCUT2D eigenvalue weighted by Crippen LogP contribution is 2.32. The van der Waals surface area contributed by atoms with Crippen LogP contribution in [-0.4, -0.2) is 6.04 Å². The van der Waals surface area contributed by atoms with Crippen molar-refractivity contribution in [1.29, 1.82) is 0 Å². The van der Waals surface area contributed by atoms with Crippen molar-refractivity contribution >= 4 is 0 Å². The van der Waals surface area contributed by atoms with Gasteiger partial charge in [0.2, 0.25) is 0 Å². The molecule has 0 bridgehead atoms. The van der Waals surface area contributed by atoms with Gasteiger partial charge in [0.1, 0.15) is 0 Å². The Morgan fingerprint density at radius 3 is 2.24 bits per heavy atom. The molecule has 1 aliphatic rings. The predicted octanol–water partition coefficient (Wildman–Crippen LogP) is 4.81. The van der Waals surface area contributed by atoms with Gasteiger partial charge in [-0.3, -0.25) is 0 Å². The zero-order valence-corrected chi connectivity index (χ0v) is 12.9. The molecule has 1 N–H and O–H groups in total. The lowest BCUT2D eigenvalue weighted by atomic mass is 9.82. The van der Waals surface area contributed by atoms with Crippen molar-refractivity contribution < 1.29 is 0 Å².